The van der Waals surface area contributed by atoms with Gasteiger partial charge < -0.3 is 10.2 Å². The number of hydrogen-bond acceptors (Lipinski definition) is 2. The quantitative estimate of drug-likeness (QED) is 0.817. The van der Waals surface area contributed by atoms with Gasteiger partial charge in [0, 0.05) is 26.3 Å². The second-order valence-corrected chi connectivity index (χ2v) is 4.41. The van der Waals surface area contributed by atoms with Crippen LogP contribution in [0.25, 0.3) is 0 Å². The zero-order valence-electron chi connectivity index (χ0n) is 10.9. The van der Waals surface area contributed by atoms with Gasteiger partial charge in [-0.15, -0.1) is 0 Å². The topological polar surface area (TPSA) is 15.3 Å². The van der Waals surface area contributed by atoms with Crippen LogP contribution in [0.2, 0.25) is 0 Å². The van der Waals surface area contributed by atoms with Gasteiger partial charge in [0.2, 0.25) is 0 Å². The molecule has 1 aromatic rings. The van der Waals surface area contributed by atoms with Crippen LogP contribution in [0.4, 0.5) is 18.9 Å². The highest BCUT2D eigenvalue weighted by molar-refractivity contribution is 5.50. The lowest BCUT2D eigenvalue weighted by Gasteiger charge is -2.18. The van der Waals surface area contributed by atoms with Crippen molar-refractivity contribution in [2.24, 2.45) is 0 Å². The summed E-state index contributed by atoms with van der Waals surface area (Å²) in [5.74, 6) is 0. The van der Waals surface area contributed by atoms with Crippen LogP contribution in [0.3, 0.4) is 0 Å². The summed E-state index contributed by atoms with van der Waals surface area (Å²) in [4.78, 5) is 1.67. The smallest absolute Gasteiger partial charge is 0.378 e. The number of alkyl halides is 3. The van der Waals surface area contributed by atoms with Crippen molar-refractivity contribution in [2.45, 2.75) is 26.1 Å². The summed E-state index contributed by atoms with van der Waals surface area (Å²) < 4.78 is 38.9. The van der Waals surface area contributed by atoms with Gasteiger partial charge in [0.1, 0.15) is 0 Å². The molecule has 0 saturated carbocycles. The summed E-state index contributed by atoms with van der Waals surface area (Å²) >= 11 is 0. The fourth-order valence-corrected chi connectivity index (χ4v) is 1.66. The normalized spacial score (nSPS) is 11.7. The summed E-state index contributed by atoms with van der Waals surface area (Å²) in [6, 6.07) is 4.45. The van der Waals surface area contributed by atoms with Crippen LogP contribution >= 0.6 is 0 Å². The molecular weight excluding hydrogens is 241 g/mol. The molecule has 0 atom stereocenters. The zero-order valence-corrected chi connectivity index (χ0v) is 10.9. The van der Waals surface area contributed by atoms with Crippen LogP contribution in [0.1, 0.15) is 24.5 Å². The molecule has 0 aromatic heterocycles. The van der Waals surface area contributed by atoms with Gasteiger partial charge in [-0.25, -0.2) is 0 Å². The van der Waals surface area contributed by atoms with E-state index >= 15 is 0 Å². The Morgan fingerprint density at radius 3 is 2.39 bits per heavy atom. The maximum absolute atomic E-state index is 13.0. The average Bonchev–Trinajstić information content (AvgIpc) is 2.28. The van der Waals surface area contributed by atoms with Gasteiger partial charge in [0.15, 0.2) is 0 Å². The van der Waals surface area contributed by atoms with E-state index in [9.17, 15) is 13.2 Å². The molecule has 0 aliphatic heterocycles. The Kier molecular flexibility index (Phi) is 5.02. The van der Waals surface area contributed by atoms with Crippen LogP contribution < -0.4 is 10.2 Å². The molecule has 0 unspecified atom stereocenters. The molecule has 0 spiro atoms. The summed E-state index contributed by atoms with van der Waals surface area (Å²) in [5.41, 5.74) is 0.292. The molecule has 5 heteroatoms. The largest absolute Gasteiger partial charge is 0.416 e. The molecule has 0 bridgehead atoms. The first-order valence-corrected chi connectivity index (χ1v) is 5.94. The highest BCUT2D eigenvalue weighted by Crippen LogP contribution is 2.34. The van der Waals surface area contributed by atoms with Crippen molar-refractivity contribution in [1.29, 1.82) is 0 Å². The van der Waals surface area contributed by atoms with E-state index < -0.39 is 11.7 Å². The Hall–Kier alpha value is -1.23. The highest BCUT2D eigenvalue weighted by Gasteiger charge is 2.33. The number of halogens is 3. The third kappa shape index (κ3) is 3.91. The second kappa shape index (κ2) is 6.09. The second-order valence-electron chi connectivity index (χ2n) is 4.41. The Morgan fingerprint density at radius 1 is 1.22 bits per heavy atom. The minimum Gasteiger partial charge on any atom is -0.378 e. The molecule has 0 amide bonds. The fourth-order valence-electron chi connectivity index (χ4n) is 1.66. The lowest BCUT2D eigenvalue weighted by molar-refractivity contribution is -0.138. The van der Waals surface area contributed by atoms with Gasteiger partial charge in [-0.1, -0.05) is 13.0 Å². The molecule has 0 fully saturated rings. The predicted octanol–water partition coefficient (Wildman–Crippen LogP) is 3.27. The van der Waals surface area contributed by atoms with Crippen molar-refractivity contribution < 1.29 is 13.2 Å². The molecule has 102 valence electrons. The first-order valence-electron chi connectivity index (χ1n) is 5.94. The third-order valence-electron chi connectivity index (χ3n) is 2.66. The Balaban J connectivity index is 3.02. The minimum absolute atomic E-state index is 0.246. The van der Waals surface area contributed by atoms with Crippen molar-refractivity contribution in [3.8, 4) is 0 Å². The van der Waals surface area contributed by atoms with Gasteiger partial charge >= 0.3 is 6.18 Å². The Bertz CT molecular complexity index is 386. The molecule has 18 heavy (non-hydrogen) atoms. The molecular formula is C13H19F3N2. The third-order valence-corrected chi connectivity index (χ3v) is 2.66. The maximum atomic E-state index is 13.0. The zero-order chi connectivity index (χ0) is 13.8. The molecule has 0 aliphatic rings. The van der Waals surface area contributed by atoms with E-state index in [1.807, 2.05) is 6.92 Å². The highest BCUT2D eigenvalue weighted by atomic mass is 19.4. The Morgan fingerprint density at radius 2 is 1.89 bits per heavy atom. The minimum atomic E-state index is -4.31. The van der Waals surface area contributed by atoms with Crippen LogP contribution in [0.15, 0.2) is 18.2 Å². The monoisotopic (exact) mass is 260 g/mol. The summed E-state index contributed by atoms with van der Waals surface area (Å²) in [6.07, 6.45) is -3.41. The van der Waals surface area contributed by atoms with Gasteiger partial charge in [-0.05, 0) is 30.7 Å². The molecule has 1 rings (SSSR count). The van der Waals surface area contributed by atoms with E-state index in [0.717, 1.165) is 6.42 Å². The van der Waals surface area contributed by atoms with Gasteiger partial charge in [0.25, 0.3) is 0 Å². The number of nitrogens with one attached hydrogen (secondary N) is 1. The van der Waals surface area contributed by atoms with Crippen LogP contribution in [-0.4, -0.2) is 20.6 Å². The average molecular weight is 260 g/mol. The molecule has 1 aromatic carbocycles. The van der Waals surface area contributed by atoms with E-state index in [1.165, 1.54) is 6.07 Å². The molecule has 0 aliphatic carbocycles. The van der Waals surface area contributed by atoms with Gasteiger partial charge in [-0.2, -0.15) is 13.2 Å². The van der Waals surface area contributed by atoms with Crippen LogP contribution in [0, 0.1) is 0 Å². The van der Waals surface area contributed by atoms with Gasteiger partial charge in [-0.3, -0.25) is 0 Å². The molecule has 0 heterocycles. The first kappa shape index (κ1) is 14.8. The lowest BCUT2D eigenvalue weighted by Crippen LogP contribution is -2.19. The van der Waals surface area contributed by atoms with E-state index in [4.69, 9.17) is 0 Å². The summed E-state index contributed by atoms with van der Waals surface area (Å²) in [6.45, 7) is 2.94. The van der Waals surface area contributed by atoms with E-state index in [-0.39, 0.29) is 6.54 Å². The van der Waals surface area contributed by atoms with Crippen LogP contribution in [0.5, 0.6) is 0 Å². The fraction of sp³-hybridized carbons (Fsp3) is 0.538. The van der Waals surface area contributed by atoms with Crippen molar-refractivity contribution in [2.75, 3.05) is 25.5 Å². The Labute approximate surface area is 106 Å². The lowest BCUT2D eigenvalue weighted by atomic mass is 10.1. The summed E-state index contributed by atoms with van der Waals surface area (Å²) in [7, 11) is 3.45. The van der Waals surface area contributed by atoms with Gasteiger partial charge in [0.05, 0.1) is 5.56 Å². The number of rotatable bonds is 5. The predicted molar refractivity (Wildman–Crippen MR) is 67.8 cm³/mol. The molecule has 2 nitrogen and oxygen atoms in total. The van der Waals surface area contributed by atoms with E-state index in [0.29, 0.717) is 17.8 Å². The van der Waals surface area contributed by atoms with Crippen molar-refractivity contribution >= 4 is 5.69 Å². The van der Waals surface area contributed by atoms with Crippen molar-refractivity contribution in [3.05, 3.63) is 29.3 Å². The van der Waals surface area contributed by atoms with Crippen LogP contribution in [-0.2, 0) is 12.7 Å². The molecule has 0 saturated heterocycles. The first-order chi connectivity index (χ1) is 8.36. The van der Waals surface area contributed by atoms with Crippen molar-refractivity contribution in [1.82, 2.24) is 5.32 Å². The number of anilines is 1. The van der Waals surface area contributed by atoms with Crippen molar-refractivity contribution in [3.63, 3.8) is 0 Å². The maximum Gasteiger partial charge on any atom is 0.416 e. The number of nitrogens with zero attached hydrogens (tertiary/aromatic N) is 1. The summed E-state index contributed by atoms with van der Waals surface area (Å²) in [5, 5.41) is 3.00. The molecule has 1 N–H and O–H groups in total. The number of hydrogen-bond donors (Lipinski definition) is 1. The molecule has 0 radical (unpaired) electrons. The SMILES string of the molecule is CCCNCc1ccc(N(C)C)cc1C(F)(F)F. The van der Waals surface area contributed by atoms with E-state index in [2.05, 4.69) is 5.32 Å². The number of benzene rings is 1. The van der Waals surface area contributed by atoms with E-state index in [1.54, 1.807) is 31.1 Å². The standard InChI is InChI=1S/C13H19F3N2/c1-4-7-17-9-10-5-6-11(18(2)3)8-12(10)13(14,15)16/h5-6,8,17H,4,7,9H2,1-3H3.